The first kappa shape index (κ1) is 25.7. The molecule has 0 aliphatic carbocycles. The van der Waals surface area contributed by atoms with E-state index in [0.29, 0.717) is 30.3 Å². The highest BCUT2D eigenvalue weighted by atomic mass is 35.5. The van der Waals surface area contributed by atoms with E-state index in [1.54, 1.807) is 29.2 Å². The molecule has 4 rings (SSSR count). The zero-order valence-electron chi connectivity index (χ0n) is 20.1. The van der Waals surface area contributed by atoms with E-state index in [1.165, 1.54) is 0 Å². The van der Waals surface area contributed by atoms with Crippen LogP contribution in [0.3, 0.4) is 0 Å². The summed E-state index contributed by atoms with van der Waals surface area (Å²) in [7, 11) is 0. The van der Waals surface area contributed by atoms with E-state index < -0.39 is 6.04 Å². The molecule has 1 fully saturated rings. The Labute approximate surface area is 217 Å². The molecule has 0 bridgehead atoms. The van der Waals surface area contributed by atoms with Gasteiger partial charge in [-0.3, -0.25) is 9.59 Å². The highest BCUT2D eigenvalue weighted by molar-refractivity contribution is 6.30. The summed E-state index contributed by atoms with van der Waals surface area (Å²) in [5.41, 5.74) is 1.84. The minimum atomic E-state index is -0.726. The van der Waals surface area contributed by atoms with Crippen molar-refractivity contribution in [3.8, 4) is 5.75 Å². The van der Waals surface area contributed by atoms with E-state index in [1.807, 2.05) is 60.7 Å². The van der Waals surface area contributed by atoms with Crippen LogP contribution in [0.15, 0.2) is 84.9 Å². The SMILES string of the molecule is O=C(NC[C@H]1CCCO1)[C@@H](Cc1ccccc1)N(Cc1ccc(Cl)cc1)C(=O)COc1ccccc1. The van der Waals surface area contributed by atoms with Gasteiger partial charge in [-0.2, -0.15) is 0 Å². The van der Waals surface area contributed by atoms with Crippen molar-refractivity contribution in [3.63, 3.8) is 0 Å². The second kappa shape index (κ2) is 13.1. The van der Waals surface area contributed by atoms with Gasteiger partial charge in [0.2, 0.25) is 5.91 Å². The number of hydrogen-bond donors (Lipinski definition) is 1. The molecule has 36 heavy (non-hydrogen) atoms. The molecule has 0 aromatic heterocycles. The molecule has 0 radical (unpaired) electrons. The number of carbonyl (C=O) groups is 2. The van der Waals surface area contributed by atoms with Gasteiger partial charge in [0.05, 0.1) is 6.10 Å². The number of nitrogens with one attached hydrogen (secondary N) is 1. The molecule has 188 valence electrons. The van der Waals surface area contributed by atoms with Gasteiger partial charge in [0, 0.05) is 31.1 Å². The molecule has 3 aromatic rings. The van der Waals surface area contributed by atoms with E-state index in [0.717, 1.165) is 24.0 Å². The molecule has 7 heteroatoms. The van der Waals surface area contributed by atoms with Crippen molar-refractivity contribution < 1.29 is 19.1 Å². The standard InChI is InChI=1S/C29H31ClN2O4/c30-24-15-13-23(14-16-24)20-32(28(33)21-36-25-10-5-2-6-11-25)27(18-22-8-3-1-4-9-22)29(34)31-19-26-12-7-17-35-26/h1-6,8-11,13-16,26-27H,7,12,17-21H2,(H,31,34)/t26-,27-/m1/s1. The molecule has 6 nitrogen and oxygen atoms in total. The highest BCUT2D eigenvalue weighted by Gasteiger charge is 2.31. The molecule has 1 aliphatic rings. The predicted molar refractivity (Wildman–Crippen MR) is 140 cm³/mol. The van der Waals surface area contributed by atoms with Crippen molar-refractivity contribution in [1.29, 1.82) is 0 Å². The summed E-state index contributed by atoms with van der Waals surface area (Å²) in [6.45, 7) is 1.21. The van der Waals surface area contributed by atoms with Gasteiger partial charge < -0.3 is 19.7 Å². The minimum Gasteiger partial charge on any atom is -0.484 e. The van der Waals surface area contributed by atoms with Gasteiger partial charge in [0.25, 0.3) is 5.91 Å². The Morgan fingerprint density at radius 2 is 1.67 bits per heavy atom. The van der Waals surface area contributed by atoms with Gasteiger partial charge in [0.15, 0.2) is 6.61 Å². The van der Waals surface area contributed by atoms with Crippen molar-refractivity contribution in [2.24, 2.45) is 0 Å². The summed E-state index contributed by atoms with van der Waals surface area (Å²) < 4.78 is 11.4. The number of amides is 2. The van der Waals surface area contributed by atoms with Gasteiger partial charge in [-0.15, -0.1) is 0 Å². The van der Waals surface area contributed by atoms with Crippen molar-refractivity contribution in [3.05, 3.63) is 101 Å². The Morgan fingerprint density at radius 3 is 2.33 bits per heavy atom. The third kappa shape index (κ3) is 7.57. The Bertz CT molecular complexity index is 1100. The quantitative estimate of drug-likeness (QED) is 0.411. The summed E-state index contributed by atoms with van der Waals surface area (Å²) >= 11 is 6.08. The lowest BCUT2D eigenvalue weighted by molar-refractivity contribution is -0.143. The third-order valence-corrected chi connectivity index (χ3v) is 6.42. The number of nitrogens with zero attached hydrogens (tertiary/aromatic N) is 1. The maximum Gasteiger partial charge on any atom is 0.261 e. The number of para-hydroxylation sites is 1. The van der Waals surface area contributed by atoms with Crippen LogP contribution < -0.4 is 10.1 Å². The maximum absolute atomic E-state index is 13.6. The summed E-state index contributed by atoms with van der Waals surface area (Å²) in [4.78, 5) is 28.7. The fourth-order valence-electron chi connectivity index (χ4n) is 4.22. The number of carbonyl (C=O) groups excluding carboxylic acids is 2. The van der Waals surface area contributed by atoms with Gasteiger partial charge in [-0.25, -0.2) is 0 Å². The lowest BCUT2D eigenvalue weighted by Gasteiger charge is -2.31. The molecule has 0 unspecified atom stereocenters. The first-order valence-corrected chi connectivity index (χ1v) is 12.6. The molecular formula is C29H31ClN2O4. The molecule has 0 saturated carbocycles. The molecule has 3 aromatic carbocycles. The Kier molecular flexibility index (Phi) is 9.36. The smallest absolute Gasteiger partial charge is 0.261 e. The number of benzene rings is 3. The first-order chi connectivity index (χ1) is 17.6. The largest absolute Gasteiger partial charge is 0.484 e. The average molecular weight is 507 g/mol. The van der Waals surface area contributed by atoms with Crippen LogP contribution in [-0.2, 0) is 27.3 Å². The second-order valence-electron chi connectivity index (χ2n) is 8.84. The summed E-state index contributed by atoms with van der Waals surface area (Å²) in [6.07, 6.45) is 2.30. The Hall–Kier alpha value is -3.35. The number of halogens is 1. The zero-order chi connectivity index (χ0) is 25.2. The van der Waals surface area contributed by atoms with Crippen molar-refractivity contribution in [2.75, 3.05) is 19.8 Å². The van der Waals surface area contributed by atoms with E-state index in [9.17, 15) is 9.59 Å². The van der Waals surface area contributed by atoms with Crippen molar-refractivity contribution in [2.45, 2.75) is 38.0 Å². The monoisotopic (exact) mass is 506 g/mol. The minimum absolute atomic E-state index is 0.00755. The molecule has 1 heterocycles. The third-order valence-electron chi connectivity index (χ3n) is 6.17. The zero-order valence-corrected chi connectivity index (χ0v) is 20.9. The highest BCUT2D eigenvalue weighted by Crippen LogP contribution is 2.18. The van der Waals surface area contributed by atoms with E-state index in [2.05, 4.69) is 5.32 Å². The summed E-state index contributed by atoms with van der Waals surface area (Å²) in [5.74, 6) is 0.109. The van der Waals surface area contributed by atoms with E-state index in [4.69, 9.17) is 21.1 Å². The van der Waals surface area contributed by atoms with Gasteiger partial charge in [0.1, 0.15) is 11.8 Å². The normalized spacial score (nSPS) is 15.8. The molecule has 0 spiro atoms. The molecule has 1 aliphatic heterocycles. The van der Waals surface area contributed by atoms with E-state index >= 15 is 0 Å². The molecule has 1 N–H and O–H groups in total. The number of ether oxygens (including phenoxy) is 2. The lowest BCUT2D eigenvalue weighted by Crippen LogP contribution is -2.52. The van der Waals surface area contributed by atoms with Gasteiger partial charge in [-0.1, -0.05) is 72.3 Å². The maximum atomic E-state index is 13.6. The lowest BCUT2D eigenvalue weighted by atomic mass is 10.0. The topological polar surface area (TPSA) is 67.9 Å². The average Bonchev–Trinajstić information content (AvgIpc) is 3.44. The van der Waals surface area contributed by atoms with Crippen LogP contribution in [0.2, 0.25) is 5.02 Å². The summed E-state index contributed by atoms with van der Waals surface area (Å²) in [5, 5.41) is 3.64. The van der Waals surface area contributed by atoms with Crippen molar-refractivity contribution >= 4 is 23.4 Å². The van der Waals surface area contributed by atoms with Crippen LogP contribution in [0.1, 0.15) is 24.0 Å². The number of rotatable bonds is 11. The van der Waals surface area contributed by atoms with Crippen LogP contribution in [0.4, 0.5) is 0 Å². The fourth-order valence-corrected chi connectivity index (χ4v) is 4.35. The fraction of sp³-hybridized carbons (Fsp3) is 0.310. The second-order valence-corrected chi connectivity index (χ2v) is 9.27. The van der Waals surface area contributed by atoms with Crippen molar-refractivity contribution in [1.82, 2.24) is 10.2 Å². The van der Waals surface area contributed by atoms with Gasteiger partial charge >= 0.3 is 0 Å². The Morgan fingerprint density at radius 1 is 0.972 bits per heavy atom. The van der Waals surface area contributed by atoms with Crippen LogP contribution in [0, 0.1) is 0 Å². The number of hydrogen-bond acceptors (Lipinski definition) is 4. The van der Waals surface area contributed by atoms with Crippen LogP contribution in [0.25, 0.3) is 0 Å². The summed E-state index contributed by atoms with van der Waals surface area (Å²) in [6, 6.07) is 25.5. The first-order valence-electron chi connectivity index (χ1n) is 12.2. The molecular weight excluding hydrogens is 476 g/mol. The van der Waals surface area contributed by atoms with Crippen LogP contribution >= 0.6 is 11.6 Å². The molecule has 2 amide bonds. The molecule has 1 saturated heterocycles. The Balaban J connectivity index is 1.57. The van der Waals surface area contributed by atoms with Gasteiger partial charge in [-0.05, 0) is 48.2 Å². The predicted octanol–water partition coefficient (Wildman–Crippen LogP) is 4.65. The van der Waals surface area contributed by atoms with E-state index in [-0.39, 0.29) is 31.1 Å². The molecule has 2 atom stereocenters. The van der Waals surface area contributed by atoms with Crippen LogP contribution in [0.5, 0.6) is 5.75 Å². The van der Waals surface area contributed by atoms with Crippen LogP contribution in [-0.4, -0.2) is 48.6 Å².